The van der Waals surface area contributed by atoms with E-state index < -0.39 is 6.10 Å². The predicted octanol–water partition coefficient (Wildman–Crippen LogP) is 4.64. The standard InChI is InChI=1S/C24H19ClN2O5/c1-14-24(29)27(12-15-2-5-17(25)6-3-15)19-11-18(7-9-20(19)32-14)26-23(28)16-4-8-21-22(10-16)31-13-30-21/h2-11,14H,12-13H2,1H3,(H,26,28). The number of benzene rings is 3. The van der Waals surface area contributed by atoms with E-state index in [0.717, 1.165) is 5.56 Å². The molecule has 2 heterocycles. The molecular formula is C24H19ClN2O5. The maximum Gasteiger partial charge on any atom is 0.268 e. The molecule has 2 aliphatic rings. The van der Waals surface area contributed by atoms with Gasteiger partial charge in [0.25, 0.3) is 11.8 Å². The molecule has 1 unspecified atom stereocenters. The van der Waals surface area contributed by atoms with Crippen LogP contribution in [0, 0.1) is 0 Å². The molecule has 7 nitrogen and oxygen atoms in total. The van der Waals surface area contributed by atoms with Crippen molar-refractivity contribution in [2.45, 2.75) is 19.6 Å². The van der Waals surface area contributed by atoms with Crippen LogP contribution in [0.2, 0.25) is 5.02 Å². The smallest absolute Gasteiger partial charge is 0.268 e. The third-order valence-corrected chi connectivity index (χ3v) is 5.57. The summed E-state index contributed by atoms with van der Waals surface area (Å²) in [5, 5.41) is 3.50. The first kappa shape index (κ1) is 20.2. The number of carbonyl (C=O) groups excluding carboxylic acids is 2. The molecular weight excluding hydrogens is 432 g/mol. The van der Waals surface area contributed by atoms with E-state index in [4.69, 9.17) is 25.8 Å². The number of amides is 2. The molecule has 5 rings (SSSR count). The average Bonchev–Trinajstić information content (AvgIpc) is 3.26. The Bertz CT molecular complexity index is 1210. The Labute approximate surface area is 189 Å². The van der Waals surface area contributed by atoms with Gasteiger partial charge in [0.15, 0.2) is 17.6 Å². The van der Waals surface area contributed by atoms with Gasteiger partial charge >= 0.3 is 0 Å². The number of nitrogens with zero attached hydrogens (tertiary/aromatic N) is 1. The van der Waals surface area contributed by atoms with Gasteiger partial charge in [0, 0.05) is 16.3 Å². The van der Waals surface area contributed by atoms with Crippen molar-refractivity contribution in [3.63, 3.8) is 0 Å². The number of hydrogen-bond acceptors (Lipinski definition) is 5. The highest BCUT2D eigenvalue weighted by molar-refractivity contribution is 6.30. The molecule has 1 atom stereocenters. The molecule has 2 amide bonds. The topological polar surface area (TPSA) is 77.1 Å². The molecule has 32 heavy (non-hydrogen) atoms. The molecule has 0 spiro atoms. The van der Waals surface area contributed by atoms with Gasteiger partial charge in [-0.2, -0.15) is 0 Å². The number of fused-ring (bicyclic) bond motifs is 2. The Morgan fingerprint density at radius 1 is 1.03 bits per heavy atom. The van der Waals surface area contributed by atoms with Crippen LogP contribution in [0.25, 0.3) is 0 Å². The monoisotopic (exact) mass is 450 g/mol. The van der Waals surface area contributed by atoms with Crippen LogP contribution in [-0.2, 0) is 11.3 Å². The van der Waals surface area contributed by atoms with Crippen LogP contribution in [0.3, 0.4) is 0 Å². The normalized spacial score (nSPS) is 16.4. The summed E-state index contributed by atoms with van der Waals surface area (Å²) in [4.78, 5) is 27.3. The summed E-state index contributed by atoms with van der Waals surface area (Å²) in [7, 11) is 0. The van der Waals surface area contributed by atoms with Gasteiger partial charge in [0.2, 0.25) is 6.79 Å². The lowest BCUT2D eigenvalue weighted by atomic mass is 10.1. The number of anilines is 2. The molecule has 0 aromatic heterocycles. The molecule has 0 bridgehead atoms. The summed E-state index contributed by atoms with van der Waals surface area (Å²) in [6, 6.07) is 17.6. The number of ether oxygens (including phenoxy) is 3. The maximum atomic E-state index is 12.9. The second-order valence-corrected chi connectivity index (χ2v) is 7.95. The zero-order chi connectivity index (χ0) is 22.2. The fourth-order valence-corrected chi connectivity index (χ4v) is 3.79. The minimum Gasteiger partial charge on any atom is -0.479 e. The first-order valence-electron chi connectivity index (χ1n) is 10.1. The lowest BCUT2D eigenvalue weighted by molar-refractivity contribution is -0.125. The van der Waals surface area contributed by atoms with E-state index in [9.17, 15) is 9.59 Å². The van der Waals surface area contributed by atoms with Gasteiger partial charge < -0.3 is 24.4 Å². The van der Waals surface area contributed by atoms with Crippen LogP contribution in [0.15, 0.2) is 60.7 Å². The number of halogens is 1. The highest BCUT2D eigenvalue weighted by Crippen LogP contribution is 2.38. The fourth-order valence-electron chi connectivity index (χ4n) is 3.66. The highest BCUT2D eigenvalue weighted by Gasteiger charge is 2.32. The largest absolute Gasteiger partial charge is 0.479 e. The Hall–Kier alpha value is -3.71. The quantitative estimate of drug-likeness (QED) is 0.626. The summed E-state index contributed by atoms with van der Waals surface area (Å²) in [6.07, 6.45) is -0.608. The van der Waals surface area contributed by atoms with E-state index >= 15 is 0 Å². The van der Waals surface area contributed by atoms with Crippen LogP contribution in [0.5, 0.6) is 17.2 Å². The molecule has 162 valence electrons. The van der Waals surface area contributed by atoms with Crippen LogP contribution in [0.4, 0.5) is 11.4 Å². The summed E-state index contributed by atoms with van der Waals surface area (Å²) in [5.74, 6) is 1.26. The first-order valence-corrected chi connectivity index (χ1v) is 10.4. The van der Waals surface area contributed by atoms with Gasteiger partial charge in [0.05, 0.1) is 12.2 Å². The Morgan fingerprint density at radius 2 is 1.78 bits per heavy atom. The van der Waals surface area contributed by atoms with E-state index in [1.165, 1.54) is 0 Å². The lowest BCUT2D eigenvalue weighted by Crippen LogP contribution is -2.44. The zero-order valence-electron chi connectivity index (χ0n) is 17.1. The molecule has 3 aromatic carbocycles. The van der Waals surface area contributed by atoms with Crippen molar-refractivity contribution in [2.75, 3.05) is 17.0 Å². The number of rotatable bonds is 4. The Morgan fingerprint density at radius 3 is 2.59 bits per heavy atom. The van der Waals surface area contributed by atoms with Crippen molar-refractivity contribution >= 4 is 34.8 Å². The molecule has 1 N–H and O–H groups in total. The average molecular weight is 451 g/mol. The summed E-state index contributed by atoms with van der Waals surface area (Å²) in [6.45, 7) is 2.22. The molecule has 0 aliphatic carbocycles. The highest BCUT2D eigenvalue weighted by atomic mass is 35.5. The van der Waals surface area contributed by atoms with Gasteiger partial charge in [-0.1, -0.05) is 23.7 Å². The van der Waals surface area contributed by atoms with Crippen LogP contribution in [0.1, 0.15) is 22.8 Å². The molecule has 0 saturated carbocycles. The summed E-state index contributed by atoms with van der Waals surface area (Å²) < 4.78 is 16.4. The summed E-state index contributed by atoms with van der Waals surface area (Å²) in [5.41, 5.74) is 2.49. The molecule has 2 aliphatic heterocycles. The van der Waals surface area contributed by atoms with Crippen molar-refractivity contribution in [1.29, 1.82) is 0 Å². The van der Waals surface area contributed by atoms with E-state index in [1.54, 1.807) is 60.4 Å². The summed E-state index contributed by atoms with van der Waals surface area (Å²) >= 11 is 5.98. The maximum absolute atomic E-state index is 12.9. The van der Waals surface area contributed by atoms with Crippen LogP contribution < -0.4 is 24.4 Å². The predicted molar refractivity (Wildman–Crippen MR) is 120 cm³/mol. The van der Waals surface area contributed by atoms with Gasteiger partial charge in [-0.05, 0) is 61.0 Å². The van der Waals surface area contributed by atoms with Crippen LogP contribution in [-0.4, -0.2) is 24.7 Å². The fraction of sp³-hybridized carbons (Fsp3) is 0.167. The second kappa shape index (κ2) is 8.09. The van der Waals surface area contributed by atoms with E-state index in [0.29, 0.717) is 45.8 Å². The Kier molecular flexibility index (Phi) is 5.11. The minimum atomic E-state index is -0.608. The van der Waals surface area contributed by atoms with Crippen molar-refractivity contribution in [3.8, 4) is 17.2 Å². The third kappa shape index (κ3) is 3.83. The molecule has 0 saturated heterocycles. The number of carbonyl (C=O) groups is 2. The van der Waals surface area contributed by atoms with E-state index in [1.807, 2.05) is 12.1 Å². The van der Waals surface area contributed by atoms with Gasteiger partial charge in [-0.25, -0.2) is 0 Å². The van der Waals surface area contributed by atoms with E-state index in [2.05, 4.69) is 5.32 Å². The third-order valence-electron chi connectivity index (χ3n) is 5.31. The lowest BCUT2D eigenvalue weighted by Gasteiger charge is -2.33. The minimum absolute atomic E-state index is 0.140. The van der Waals surface area contributed by atoms with Gasteiger partial charge in [-0.3, -0.25) is 9.59 Å². The van der Waals surface area contributed by atoms with Crippen molar-refractivity contribution in [1.82, 2.24) is 0 Å². The number of hydrogen-bond donors (Lipinski definition) is 1. The van der Waals surface area contributed by atoms with Gasteiger partial charge in [-0.15, -0.1) is 0 Å². The first-order chi connectivity index (χ1) is 15.5. The van der Waals surface area contributed by atoms with E-state index in [-0.39, 0.29) is 18.6 Å². The van der Waals surface area contributed by atoms with Gasteiger partial charge in [0.1, 0.15) is 5.75 Å². The second-order valence-electron chi connectivity index (χ2n) is 7.52. The molecule has 3 aromatic rings. The van der Waals surface area contributed by atoms with Crippen molar-refractivity contribution < 1.29 is 23.8 Å². The SMILES string of the molecule is CC1Oc2ccc(NC(=O)c3ccc4c(c3)OCO4)cc2N(Cc2ccc(Cl)cc2)C1=O. The molecule has 0 fully saturated rings. The molecule has 0 radical (unpaired) electrons. The molecule has 8 heteroatoms. The Balaban J connectivity index is 1.41. The zero-order valence-corrected chi connectivity index (χ0v) is 17.9. The van der Waals surface area contributed by atoms with Crippen molar-refractivity contribution in [2.24, 2.45) is 0 Å². The van der Waals surface area contributed by atoms with Crippen molar-refractivity contribution in [3.05, 3.63) is 76.8 Å². The van der Waals surface area contributed by atoms with Crippen LogP contribution >= 0.6 is 11.6 Å². The number of nitrogens with one attached hydrogen (secondary N) is 1.